The van der Waals surface area contributed by atoms with E-state index in [4.69, 9.17) is 4.74 Å². The van der Waals surface area contributed by atoms with Crippen molar-refractivity contribution >= 4 is 11.6 Å². The Labute approximate surface area is 151 Å². The molecule has 0 aromatic heterocycles. The number of halogens is 1. The first-order valence-corrected chi connectivity index (χ1v) is 8.73. The summed E-state index contributed by atoms with van der Waals surface area (Å²) in [5.74, 6) is -0.242. The van der Waals surface area contributed by atoms with Crippen LogP contribution in [0.1, 0.15) is 12.0 Å². The highest BCUT2D eigenvalue weighted by Gasteiger charge is 2.45. The monoisotopic (exact) mass is 356 g/mol. The molecule has 0 radical (unpaired) electrons. The Morgan fingerprint density at radius 1 is 1.15 bits per heavy atom. The maximum absolute atomic E-state index is 13.6. The summed E-state index contributed by atoms with van der Waals surface area (Å²) in [7, 11) is 0. The predicted molar refractivity (Wildman–Crippen MR) is 95.4 cm³/mol. The Kier molecular flexibility index (Phi) is 4.38. The van der Waals surface area contributed by atoms with E-state index >= 15 is 0 Å². The van der Waals surface area contributed by atoms with E-state index in [0.717, 1.165) is 18.5 Å². The maximum Gasteiger partial charge on any atom is 0.253 e. The molecule has 2 aliphatic rings. The topological polar surface area (TPSA) is 53.0 Å². The molecule has 2 aromatic rings. The summed E-state index contributed by atoms with van der Waals surface area (Å²) in [6.45, 7) is 2.69. The van der Waals surface area contributed by atoms with Crippen molar-refractivity contribution in [1.82, 2.24) is 4.90 Å². The van der Waals surface area contributed by atoms with Crippen LogP contribution in [0.4, 0.5) is 10.1 Å². The van der Waals surface area contributed by atoms with Gasteiger partial charge in [-0.3, -0.25) is 9.69 Å². The fourth-order valence-electron chi connectivity index (χ4n) is 3.82. The van der Waals surface area contributed by atoms with Gasteiger partial charge in [0.25, 0.3) is 5.91 Å². The van der Waals surface area contributed by atoms with Crippen molar-refractivity contribution < 1.29 is 19.0 Å². The van der Waals surface area contributed by atoms with Crippen LogP contribution < -0.4 is 4.90 Å². The van der Waals surface area contributed by atoms with Crippen LogP contribution in [0.5, 0.6) is 5.75 Å². The largest absolute Gasteiger partial charge is 0.508 e. The summed E-state index contributed by atoms with van der Waals surface area (Å²) >= 11 is 0. The van der Waals surface area contributed by atoms with E-state index in [9.17, 15) is 14.3 Å². The fraction of sp³-hybridized carbons (Fsp3) is 0.350. The molecule has 2 fully saturated rings. The van der Waals surface area contributed by atoms with Gasteiger partial charge >= 0.3 is 0 Å². The third kappa shape index (κ3) is 3.43. The van der Waals surface area contributed by atoms with Gasteiger partial charge in [-0.15, -0.1) is 0 Å². The first-order chi connectivity index (χ1) is 12.5. The van der Waals surface area contributed by atoms with Gasteiger partial charge in [0.1, 0.15) is 23.8 Å². The van der Waals surface area contributed by atoms with Gasteiger partial charge in [0.2, 0.25) is 0 Å². The minimum atomic E-state index is -0.433. The number of nitrogens with zero attached hydrogens (tertiary/aromatic N) is 2. The summed E-state index contributed by atoms with van der Waals surface area (Å²) in [6.07, 6.45) is 0.810. The molecule has 0 aliphatic carbocycles. The molecule has 5 nitrogen and oxygen atoms in total. The Hall–Kier alpha value is -2.44. The lowest BCUT2D eigenvalue weighted by molar-refractivity contribution is -0.137. The average Bonchev–Trinajstić information content (AvgIpc) is 3.00. The fourth-order valence-corrected chi connectivity index (χ4v) is 3.82. The van der Waals surface area contributed by atoms with Crippen molar-refractivity contribution in [2.24, 2.45) is 0 Å². The van der Waals surface area contributed by atoms with E-state index in [1.807, 2.05) is 12.1 Å². The number of likely N-dealkylation sites (tertiary alicyclic amines) is 1. The quantitative estimate of drug-likeness (QED) is 0.918. The molecule has 26 heavy (non-hydrogen) atoms. The molecule has 2 aliphatic heterocycles. The van der Waals surface area contributed by atoms with E-state index in [1.54, 1.807) is 29.2 Å². The predicted octanol–water partition coefficient (Wildman–Crippen LogP) is 2.54. The van der Waals surface area contributed by atoms with Crippen LogP contribution in [0.2, 0.25) is 0 Å². The highest BCUT2D eigenvalue weighted by molar-refractivity contribution is 5.95. The van der Waals surface area contributed by atoms with E-state index in [2.05, 4.69) is 4.90 Å². The van der Waals surface area contributed by atoms with Crippen LogP contribution in [0.15, 0.2) is 48.5 Å². The van der Waals surface area contributed by atoms with Crippen molar-refractivity contribution in [2.75, 3.05) is 31.1 Å². The number of carbonyl (C=O) groups is 1. The molecule has 0 saturated carbocycles. The van der Waals surface area contributed by atoms with Gasteiger partial charge in [0.15, 0.2) is 0 Å². The van der Waals surface area contributed by atoms with Crippen LogP contribution in [0.25, 0.3) is 0 Å². The van der Waals surface area contributed by atoms with Crippen molar-refractivity contribution in [3.63, 3.8) is 0 Å². The van der Waals surface area contributed by atoms with Crippen LogP contribution in [-0.4, -0.2) is 47.8 Å². The van der Waals surface area contributed by atoms with Crippen molar-refractivity contribution in [1.29, 1.82) is 0 Å². The molecular formula is C20H21FN2O3. The highest BCUT2D eigenvalue weighted by atomic mass is 19.1. The standard InChI is InChI=1S/C20H21FN2O3/c21-16-4-2-5-17(10-16)23-14-20(26-12-19(23)25)7-8-22(13-20)11-15-3-1-6-18(24)9-15/h1-6,9-10,24H,7-8,11-14H2. The van der Waals surface area contributed by atoms with Gasteiger partial charge in [0, 0.05) is 25.3 Å². The molecule has 2 heterocycles. The Morgan fingerprint density at radius 2 is 2.00 bits per heavy atom. The first kappa shape index (κ1) is 17.0. The van der Waals surface area contributed by atoms with Crippen molar-refractivity contribution in [3.8, 4) is 5.75 Å². The minimum absolute atomic E-state index is 0.0104. The number of aromatic hydroxyl groups is 1. The number of phenolic OH excluding ortho intramolecular Hbond substituents is 1. The first-order valence-electron chi connectivity index (χ1n) is 8.73. The van der Waals surface area contributed by atoms with Gasteiger partial charge in [-0.2, -0.15) is 0 Å². The molecule has 6 heteroatoms. The summed E-state index contributed by atoms with van der Waals surface area (Å²) < 4.78 is 19.5. The molecule has 2 saturated heterocycles. The molecule has 4 rings (SSSR count). The molecular weight excluding hydrogens is 335 g/mol. The molecule has 1 N–H and O–H groups in total. The zero-order valence-corrected chi connectivity index (χ0v) is 14.4. The number of ether oxygens (including phenoxy) is 1. The third-order valence-electron chi connectivity index (χ3n) is 5.08. The molecule has 1 unspecified atom stereocenters. The number of hydrogen-bond acceptors (Lipinski definition) is 4. The lowest BCUT2D eigenvalue weighted by atomic mass is 10.00. The zero-order chi connectivity index (χ0) is 18.1. The second kappa shape index (κ2) is 6.70. The van der Waals surface area contributed by atoms with Crippen LogP contribution >= 0.6 is 0 Å². The Bertz CT molecular complexity index is 828. The molecule has 0 bridgehead atoms. The van der Waals surface area contributed by atoms with Gasteiger partial charge < -0.3 is 14.7 Å². The summed E-state index contributed by atoms with van der Waals surface area (Å²) in [5, 5.41) is 9.62. The van der Waals surface area contributed by atoms with Crippen molar-refractivity contribution in [2.45, 2.75) is 18.6 Å². The number of amides is 1. The maximum atomic E-state index is 13.6. The summed E-state index contributed by atoms with van der Waals surface area (Å²) in [5.41, 5.74) is 1.18. The van der Waals surface area contributed by atoms with E-state index in [1.165, 1.54) is 12.1 Å². The highest BCUT2D eigenvalue weighted by Crippen LogP contribution is 2.33. The molecule has 1 amide bonds. The number of benzene rings is 2. The van der Waals surface area contributed by atoms with E-state index in [0.29, 0.717) is 25.3 Å². The number of anilines is 1. The number of hydrogen-bond donors (Lipinski definition) is 1. The lowest BCUT2D eigenvalue weighted by Gasteiger charge is -2.40. The number of carbonyl (C=O) groups excluding carboxylic acids is 1. The van der Waals surface area contributed by atoms with Crippen molar-refractivity contribution in [3.05, 3.63) is 59.9 Å². The van der Waals surface area contributed by atoms with Crippen LogP contribution in [0, 0.1) is 5.82 Å². The SMILES string of the molecule is O=C1COC2(CCN(Cc3cccc(O)c3)C2)CN1c1cccc(F)c1. The number of rotatable bonds is 3. The van der Waals surface area contributed by atoms with E-state index < -0.39 is 5.60 Å². The second-order valence-electron chi connectivity index (χ2n) is 7.06. The smallest absolute Gasteiger partial charge is 0.253 e. The average molecular weight is 356 g/mol. The van der Waals surface area contributed by atoms with Crippen LogP contribution in [-0.2, 0) is 16.1 Å². The van der Waals surface area contributed by atoms with Gasteiger partial charge in [-0.25, -0.2) is 4.39 Å². The second-order valence-corrected chi connectivity index (χ2v) is 7.06. The minimum Gasteiger partial charge on any atom is -0.508 e. The van der Waals surface area contributed by atoms with Gasteiger partial charge in [0.05, 0.1) is 6.54 Å². The molecule has 2 aromatic carbocycles. The summed E-state index contributed by atoms with van der Waals surface area (Å²) in [4.78, 5) is 16.2. The third-order valence-corrected chi connectivity index (χ3v) is 5.08. The van der Waals surface area contributed by atoms with Gasteiger partial charge in [-0.05, 0) is 42.3 Å². The van der Waals surface area contributed by atoms with E-state index in [-0.39, 0.29) is 24.1 Å². The molecule has 1 spiro atoms. The zero-order valence-electron chi connectivity index (χ0n) is 14.4. The van der Waals surface area contributed by atoms with Gasteiger partial charge in [-0.1, -0.05) is 18.2 Å². The molecule has 1 atom stereocenters. The van der Waals surface area contributed by atoms with Crippen LogP contribution in [0.3, 0.4) is 0 Å². The lowest BCUT2D eigenvalue weighted by Crippen LogP contribution is -2.56. The molecule has 136 valence electrons. The number of morpholine rings is 1. The Morgan fingerprint density at radius 3 is 2.81 bits per heavy atom. The normalized spacial score (nSPS) is 23.7. The summed E-state index contributed by atoms with van der Waals surface area (Å²) in [6, 6.07) is 13.3. The number of phenols is 1. The Balaban J connectivity index is 1.48.